The van der Waals surface area contributed by atoms with Crippen LogP contribution in [0.1, 0.15) is 19.3 Å². The predicted octanol–water partition coefficient (Wildman–Crippen LogP) is 2.57. The Morgan fingerprint density at radius 2 is 2.05 bits per heavy atom. The molecule has 1 aromatic rings. The van der Waals surface area contributed by atoms with E-state index >= 15 is 0 Å². The van der Waals surface area contributed by atoms with Gasteiger partial charge in [-0.05, 0) is 30.9 Å². The molecule has 0 heterocycles. The fourth-order valence-corrected chi connectivity index (χ4v) is 4.10. The number of aliphatic hydroxyl groups excluding tert-OH is 1. The molecule has 1 fully saturated rings. The molecule has 0 aliphatic heterocycles. The van der Waals surface area contributed by atoms with Crippen molar-refractivity contribution in [3.05, 3.63) is 28.0 Å². The van der Waals surface area contributed by atoms with Crippen molar-refractivity contribution in [1.29, 1.82) is 0 Å². The second-order valence-electron chi connectivity index (χ2n) is 4.78. The van der Waals surface area contributed by atoms with E-state index in [2.05, 4.69) is 4.72 Å². The van der Waals surface area contributed by atoms with Gasteiger partial charge in [0.05, 0.1) is 16.1 Å². The lowest BCUT2D eigenvalue weighted by molar-refractivity contribution is 0.134. The summed E-state index contributed by atoms with van der Waals surface area (Å²) in [7, 11) is -3.93. The first kappa shape index (κ1) is 16.0. The van der Waals surface area contributed by atoms with Crippen LogP contribution in [-0.2, 0) is 10.0 Å². The van der Waals surface area contributed by atoms with E-state index in [0.717, 1.165) is 25.0 Å². The van der Waals surface area contributed by atoms with Crippen molar-refractivity contribution in [3.8, 4) is 0 Å². The third-order valence-corrected chi connectivity index (χ3v) is 5.68. The minimum Gasteiger partial charge on any atom is -0.393 e. The summed E-state index contributed by atoms with van der Waals surface area (Å²) in [5.74, 6) is -1.09. The molecule has 0 amide bonds. The van der Waals surface area contributed by atoms with Crippen LogP contribution in [0.25, 0.3) is 0 Å². The molecule has 0 aromatic heterocycles. The van der Waals surface area contributed by atoms with Gasteiger partial charge in [0.2, 0.25) is 10.0 Å². The first-order valence-electron chi connectivity index (χ1n) is 6.14. The third kappa shape index (κ3) is 3.26. The zero-order valence-corrected chi connectivity index (χ0v) is 12.8. The monoisotopic (exact) mass is 341 g/mol. The SMILES string of the molecule is O=S(=O)(NCC1CCCC1O)c1ccc(Cl)c(F)c1Cl. The maximum Gasteiger partial charge on any atom is 0.242 e. The minimum atomic E-state index is -3.93. The van der Waals surface area contributed by atoms with Crippen molar-refractivity contribution < 1.29 is 17.9 Å². The Bertz CT molecular complexity index is 609. The van der Waals surface area contributed by atoms with E-state index in [9.17, 15) is 17.9 Å². The molecular weight excluding hydrogens is 328 g/mol. The van der Waals surface area contributed by atoms with Gasteiger partial charge in [-0.25, -0.2) is 17.5 Å². The summed E-state index contributed by atoms with van der Waals surface area (Å²) in [6.45, 7) is 0.101. The van der Waals surface area contributed by atoms with Crippen molar-refractivity contribution in [1.82, 2.24) is 4.72 Å². The zero-order chi connectivity index (χ0) is 14.9. The highest BCUT2D eigenvalue weighted by Gasteiger charge is 2.28. The smallest absolute Gasteiger partial charge is 0.242 e. The van der Waals surface area contributed by atoms with Crippen LogP contribution >= 0.6 is 23.2 Å². The highest BCUT2D eigenvalue weighted by molar-refractivity contribution is 7.89. The molecule has 0 bridgehead atoms. The number of sulfonamides is 1. The number of aliphatic hydroxyl groups is 1. The molecule has 0 radical (unpaired) electrons. The van der Waals surface area contributed by atoms with Crippen molar-refractivity contribution >= 4 is 33.2 Å². The van der Waals surface area contributed by atoms with Crippen LogP contribution in [0.2, 0.25) is 10.0 Å². The maximum absolute atomic E-state index is 13.5. The fourth-order valence-electron chi connectivity index (χ4n) is 2.27. The van der Waals surface area contributed by atoms with Crippen molar-refractivity contribution in [2.75, 3.05) is 6.54 Å². The maximum atomic E-state index is 13.5. The Kier molecular flexibility index (Phi) is 4.92. The van der Waals surface area contributed by atoms with Crippen LogP contribution in [0.3, 0.4) is 0 Å². The van der Waals surface area contributed by atoms with Gasteiger partial charge in [-0.15, -0.1) is 0 Å². The number of benzene rings is 1. The average Bonchev–Trinajstić information content (AvgIpc) is 2.79. The Balaban J connectivity index is 2.16. The fraction of sp³-hybridized carbons (Fsp3) is 0.500. The van der Waals surface area contributed by atoms with E-state index in [1.54, 1.807) is 0 Å². The summed E-state index contributed by atoms with van der Waals surface area (Å²) in [5, 5.41) is 8.89. The van der Waals surface area contributed by atoms with E-state index in [-0.39, 0.29) is 22.4 Å². The molecule has 1 saturated carbocycles. The van der Waals surface area contributed by atoms with Crippen LogP contribution in [-0.4, -0.2) is 26.2 Å². The molecule has 2 atom stereocenters. The van der Waals surface area contributed by atoms with Gasteiger partial charge in [0, 0.05) is 6.54 Å². The molecule has 1 aliphatic rings. The molecule has 8 heteroatoms. The van der Waals surface area contributed by atoms with E-state index in [4.69, 9.17) is 23.2 Å². The van der Waals surface area contributed by atoms with Gasteiger partial charge in [-0.3, -0.25) is 0 Å². The molecule has 112 valence electrons. The van der Waals surface area contributed by atoms with Crippen LogP contribution < -0.4 is 4.72 Å². The molecule has 20 heavy (non-hydrogen) atoms. The molecule has 2 unspecified atom stereocenters. The molecule has 1 aliphatic carbocycles. The van der Waals surface area contributed by atoms with Crippen LogP contribution in [0.5, 0.6) is 0 Å². The summed E-state index contributed by atoms with van der Waals surface area (Å²) in [6.07, 6.45) is 1.79. The van der Waals surface area contributed by atoms with Crippen LogP contribution in [0, 0.1) is 11.7 Å². The zero-order valence-electron chi connectivity index (χ0n) is 10.4. The average molecular weight is 342 g/mol. The lowest BCUT2D eigenvalue weighted by atomic mass is 10.1. The van der Waals surface area contributed by atoms with Crippen molar-refractivity contribution in [3.63, 3.8) is 0 Å². The minimum absolute atomic E-state index is 0.101. The molecule has 0 saturated heterocycles. The number of hydrogen-bond acceptors (Lipinski definition) is 3. The molecular formula is C12H14Cl2FNO3S. The van der Waals surface area contributed by atoms with Crippen molar-refractivity contribution in [2.24, 2.45) is 5.92 Å². The van der Waals surface area contributed by atoms with Crippen LogP contribution in [0.15, 0.2) is 17.0 Å². The van der Waals surface area contributed by atoms with Gasteiger partial charge >= 0.3 is 0 Å². The van der Waals surface area contributed by atoms with E-state index in [0.29, 0.717) is 6.42 Å². The molecule has 1 aromatic carbocycles. The van der Waals surface area contributed by atoms with E-state index in [1.807, 2.05) is 0 Å². The Hall–Kier alpha value is -0.400. The highest BCUT2D eigenvalue weighted by atomic mass is 35.5. The van der Waals surface area contributed by atoms with Gasteiger partial charge < -0.3 is 5.11 Å². The quantitative estimate of drug-likeness (QED) is 0.827. The van der Waals surface area contributed by atoms with Crippen molar-refractivity contribution in [2.45, 2.75) is 30.3 Å². The van der Waals surface area contributed by atoms with Gasteiger partial charge in [0.15, 0.2) is 5.82 Å². The normalized spacial score (nSPS) is 23.2. The first-order valence-corrected chi connectivity index (χ1v) is 8.38. The van der Waals surface area contributed by atoms with E-state index < -0.39 is 27.0 Å². The molecule has 2 rings (SSSR count). The van der Waals surface area contributed by atoms with Gasteiger partial charge in [-0.2, -0.15) is 0 Å². The number of hydrogen-bond donors (Lipinski definition) is 2. The lowest BCUT2D eigenvalue weighted by Crippen LogP contribution is -2.32. The first-order chi connectivity index (χ1) is 9.33. The summed E-state index contributed by atoms with van der Waals surface area (Å²) in [4.78, 5) is -0.353. The van der Waals surface area contributed by atoms with Gasteiger partial charge in [-0.1, -0.05) is 29.6 Å². The molecule has 2 N–H and O–H groups in total. The second kappa shape index (κ2) is 6.15. The van der Waals surface area contributed by atoms with Gasteiger partial charge in [0.25, 0.3) is 0 Å². The number of nitrogens with one attached hydrogen (secondary N) is 1. The Morgan fingerprint density at radius 1 is 1.35 bits per heavy atom. The Labute approximate surface area is 126 Å². The molecule has 0 spiro atoms. The summed E-state index contributed by atoms with van der Waals surface area (Å²) < 4.78 is 40.1. The third-order valence-electron chi connectivity index (χ3n) is 3.44. The largest absolute Gasteiger partial charge is 0.393 e. The lowest BCUT2D eigenvalue weighted by Gasteiger charge is -2.16. The predicted molar refractivity (Wildman–Crippen MR) is 75.0 cm³/mol. The summed E-state index contributed by atoms with van der Waals surface area (Å²) in [5.41, 5.74) is 0. The Morgan fingerprint density at radius 3 is 2.65 bits per heavy atom. The standard InChI is InChI=1S/C12H14Cl2FNO3S/c13-8-4-5-10(11(14)12(8)15)20(18,19)16-6-7-2-1-3-9(7)17/h4-5,7,9,16-17H,1-3,6H2. The summed E-state index contributed by atoms with van der Waals surface area (Å²) in [6, 6.07) is 2.29. The van der Waals surface area contributed by atoms with Crippen LogP contribution in [0.4, 0.5) is 4.39 Å². The van der Waals surface area contributed by atoms with Gasteiger partial charge in [0.1, 0.15) is 4.90 Å². The topological polar surface area (TPSA) is 66.4 Å². The second-order valence-corrected chi connectivity index (χ2v) is 7.30. The number of rotatable bonds is 4. The number of halogens is 3. The highest BCUT2D eigenvalue weighted by Crippen LogP contribution is 2.30. The summed E-state index contributed by atoms with van der Waals surface area (Å²) >= 11 is 11.2. The molecule has 4 nitrogen and oxygen atoms in total. The van der Waals surface area contributed by atoms with E-state index in [1.165, 1.54) is 0 Å².